The highest BCUT2D eigenvalue weighted by Gasteiger charge is 2.12. The van der Waals surface area contributed by atoms with Crippen LogP contribution >= 0.6 is 23.2 Å². The van der Waals surface area contributed by atoms with Crippen molar-refractivity contribution >= 4 is 23.2 Å². The first-order chi connectivity index (χ1) is 10.6. The van der Waals surface area contributed by atoms with Gasteiger partial charge >= 0.3 is 0 Å². The number of hydrogen-bond acceptors (Lipinski definition) is 3. The molecule has 0 saturated heterocycles. The zero-order chi connectivity index (χ0) is 15.9. The molecule has 0 spiro atoms. The molecule has 5 heteroatoms. The van der Waals surface area contributed by atoms with Crippen molar-refractivity contribution in [2.45, 2.75) is 19.6 Å². The average Bonchev–Trinajstić information content (AvgIpc) is 2.51. The molecule has 2 rings (SSSR count). The molecule has 0 amide bonds. The maximum atomic E-state index is 10.1. The van der Waals surface area contributed by atoms with Crippen molar-refractivity contribution in [2.75, 3.05) is 13.2 Å². The molecule has 22 heavy (non-hydrogen) atoms. The first kappa shape index (κ1) is 17.1. The third kappa shape index (κ3) is 4.62. The quantitative estimate of drug-likeness (QED) is 0.793. The van der Waals surface area contributed by atoms with Gasteiger partial charge in [-0.3, -0.25) is 0 Å². The van der Waals surface area contributed by atoms with Crippen LogP contribution < -0.4 is 10.1 Å². The lowest BCUT2D eigenvalue weighted by Gasteiger charge is -2.15. The van der Waals surface area contributed by atoms with E-state index in [9.17, 15) is 5.11 Å². The van der Waals surface area contributed by atoms with Crippen molar-refractivity contribution in [3.8, 4) is 5.75 Å². The van der Waals surface area contributed by atoms with E-state index in [0.717, 1.165) is 11.1 Å². The Labute approximate surface area is 140 Å². The Morgan fingerprint density at radius 1 is 1.18 bits per heavy atom. The molecule has 0 aliphatic heterocycles. The Balaban J connectivity index is 1.99. The number of aliphatic hydroxyl groups is 1. The number of rotatable bonds is 7. The van der Waals surface area contributed by atoms with Crippen molar-refractivity contribution in [1.29, 1.82) is 0 Å². The standard InChI is InChI=1S/C17H19Cl2NO2/c1-2-22-17-13(8-14(18)9-15(17)19)10-20-11-16(21)12-6-4-3-5-7-12/h3-9,16,20-21H,2,10-11H2,1H3. The summed E-state index contributed by atoms with van der Waals surface area (Å²) < 4.78 is 5.57. The molecule has 118 valence electrons. The molecule has 0 saturated carbocycles. The normalized spacial score (nSPS) is 12.2. The van der Waals surface area contributed by atoms with Gasteiger partial charge in [0.1, 0.15) is 5.75 Å². The van der Waals surface area contributed by atoms with Crippen molar-refractivity contribution in [2.24, 2.45) is 0 Å². The molecule has 2 N–H and O–H groups in total. The molecule has 0 bridgehead atoms. The Bertz CT molecular complexity index is 605. The van der Waals surface area contributed by atoms with Crippen molar-refractivity contribution in [3.05, 3.63) is 63.6 Å². The summed E-state index contributed by atoms with van der Waals surface area (Å²) in [5.74, 6) is 0.635. The molecule has 0 aliphatic rings. The Kier molecular flexibility index (Phi) is 6.52. The summed E-state index contributed by atoms with van der Waals surface area (Å²) in [4.78, 5) is 0. The van der Waals surface area contributed by atoms with E-state index >= 15 is 0 Å². The first-order valence-corrected chi connectivity index (χ1v) is 7.91. The summed E-state index contributed by atoms with van der Waals surface area (Å²) >= 11 is 12.2. The topological polar surface area (TPSA) is 41.5 Å². The van der Waals surface area contributed by atoms with Crippen molar-refractivity contribution in [3.63, 3.8) is 0 Å². The van der Waals surface area contributed by atoms with E-state index in [2.05, 4.69) is 5.32 Å². The summed E-state index contributed by atoms with van der Waals surface area (Å²) in [6, 6.07) is 13.0. The number of benzene rings is 2. The summed E-state index contributed by atoms with van der Waals surface area (Å²) in [5.41, 5.74) is 1.75. The number of halogens is 2. The molecule has 0 aromatic heterocycles. The Morgan fingerprint density at radius 3 is 2.59 bits per heavy atom. The lowest BCUT2D eigenvalue weighted by Crippen LogP contribution is -2.21. The van der Waals surface area contributed by atoms with E-state index in [0.29, 0.717) is 35.5 Å². The smallest absolute Gasteiger partial charge is 0.142 e. The molecule has 3 nitrogen and oxygen atoms in total. The fraction of sp³-hybridized carbons (Fsp3) is 0.294. The second-order valence-electron chi connectivity index (χ2n) is 4.87. The van der Waals surface area contributed by atoms with Gasteiger partial charge in [-0.15, -0.1) is 0 Å². The van der Waals surface area contributed by atoms with E-state index in [4.69, 9.17) is 27.9 Å². The third-order valence-electron chi connectivity index (χ3n) is 3.21. The molecular formula is C17H19Cl2NO2. The van der Waals surface area contributed by atoms with Gasteiger partial charge in [0.25, 0.3) is 0 Å². The average molecular weight is 340 g/mol. The van der Waals surface area contributed by atoms with Crippen LogP contribution in [0.1, 0.15) is 24.2 Å². The molecule has 0 heterocycles. The molecule has 2 aromatic carbocycles. The van der Waals surface area contributed by atoms with Crippen LogP contribution in [-0.4, -0.2) is 18.3 Å². The fourth-order valence-electron chi connectivity index (χ4n) is 2.19. The number of hydrogen-bond donors (Lipinski definition) is 2. The summed E-state index contributed by atoms with van der Waals surface area (Å²) in [5, 5.41) is 14.4. The maximum absolute atomic E-state index is 10.1. The molecule has 0 aliphatic carbocycles. The van der Waals surface area contributed by atoms with Gasteiger partial charge in [-0.1, -0.05) is 53.5 Å². The van der Waals surface area contributed by atoms with Gasteiger partial charge in [0.15, 0.2) is 0 Å². The molecule has 0 radical (unpaired) electrons. The van der Waals surface area contributed by atoms with E-state index in [1.54, 1.807) is 6.07 Å². The predicted molar refractivity (Wildman–Crippen MR) is 90.7 cm³/mol. The van der Waals surface area contributed by atoms with Crippen LogP contribution in [0.25, 0.3) is 0 Å². The molecule has 0 fully saturated rings. The molecule has 2 aromatic rings. The highest BCUT2D eigenvalue weighted by molar-refractivity contribution is 6.35. The lowest BCUT2D eigenvalue weighted by atomic mass is 10.1. The zero-order valence-electron chi connectivity index (χ0n) is 12.4. The van der Waals surface area contributed by atoms with Crippen LogP contribution in [0.5, 0.6) is 5.75 Å². The molecule has 1 unspecified atom stereocenters. The van der Waals surface area contributed by atoms with Crippen LogP contribution in [0.2, 0.25) is 10.0 Å². The van der Waals surface area contributed by atoms with Crippen LogP contribution in [0.4, 0.5) is 0 Å². The van der Waals surface area contributed by atoms with Gasteiger partial charge in [-0.05, 0) is 24.6 Å². The second kappa shape index (κ2) is 8.39. The SMILES string of the molecule is CCOc1c(Cl)cc(Cl)cc1CNCC(O)c1ccccc1. The highest BCUT2D eigenvalue weighted by Crippen LogP contribution is 2.32. The second-order valence-corrected chi connectivity index (χ2v) is 5.71. The molecule has 1 atom stereocenters. The summed E-state index contributed by atoms with van der Waals surface area (Å²) in [6.45, 7) is 3.38. The van der Waals surface area contributed by atoms with Crippen LogP contribution in [-0.2, 0) is 6.54 Å². The minimum absolute atomic E-state index is 0.430. The number of ether oxygens (including phenoxy) is 1. The van der Waals surface area contributed by atoms with Gasteiger partial charge in [-0.2, -0.15) is 0 Å². The summed E-state index contributed by atoms with van der Waals surface area (Å²) in [7, 11) is 0. The van der Waals surface area contributed by atoms with Gasteiger partial charge in [0.05, 0.1) is 17.7 Å². The minimum Gasteiger partial charge on any atom is -0.492 e. The first-order valence-electron chi connectivity index (χ1n) is 7.16. The zero-order valence-corrected chi connectivity index (χ0v) is 13.9. The monoisotopic (exact) mass is 339 g/mol. The van der Waals surface area contributed by atoms with Gasteiger partial charge < -0.3 is 15.2 Å². The number of nitrogens with one attached hydrogen (secondary N) is 1. The van der Waals surface area contributed by atoms with Crippen LogP contribution in [0.15, 0.2) is 42.5 Å². The lowest BCUT2D eigenvalue weighted by molar-refractivity contribution is 0.174. The van der Waals surface area contributed by atoms with Gasteiger partial charge in [-0.25, -0.2) is 0 Å². The Hall–Kier alpha value is -1.26. The third-order valence-corrected chi connectivity index (χ3v) is 3.71. The summed E-state index contributed by atoms with van der Waals surface area (Å²) in [6.07, 6.45) is -0.564. The van der Waals surface area contributed by atoms with E-state index in [1.165, 1.54) is 0 Å². The van der Waals surface area contributed by atoms with Crippen molar-refractivity contribution in [1.82, 2.24) is 5.32 Å². The Morgan fingerprint density at radius 2 is 1.91 bits per heavy atom. The highest BCUT2D eigenvalue weighted by atomic mass is 35.5. The number of aliphatic hydroxyl groups excluding tert-OH is 1. The van der Waals surface area contributed by atoms with Crippen LogP contribution in [0, 0.1) is 0 Å². The van der Waals surface area contributed by atoms with E-state index in [-0.39, 0.29) is 0 Å². The minimum atomic E-state index is -0.564. The van der Waals surface area contributed by atoms with Gasteiger partial charge in [0, 0.05) is 23.7 Å². The fourth-order valence-corrected chi connectivity index (χ4v) is 2.78. The predicted octanol–water partition coefficient (Wildman–Crippen LogP) is 4.22. The van der Waals surface area contributed by atoms with Crippen LogP contribution in [0.3, 0.4) is 0 Å². The maximum Gasteiger partial charge on any atom is 0.142 e. The largest absolute Gasteiger partial charge is 0.492 e. The van der Waals surface area contributed by atoms with Gasteiger partial charge in [0.2, 0.25) is 0 Å². The van der Waals surface area contributed by atoms with E-state index < -0.39 is 6.10 Å². The van der Waals surface area contributed by atoms with Crippen molar-refractivity contribution < 1.29 is 9.84 Å². The molecular weight excluding hydrogens is 321 g/mol. The van der Waals surface area contributed by atoms with E-state index in [1.807, 2.05) is 43.3 Å².